The van der Waals surface area contributed by atoms with E-state index in [1.54, 1.807) is 0 Å². The van der Waals surface area contributed by atoms with Gasteiger partial charge in [0.25, 0.3) is 5.91 Å². The predicted octanol–water partition coefficient (Wildman–Crippen LogP) is 4.68. The van der Waals surface area contributed by atoms with Crippen molar-refractivity contribution in [2.24, 2.45) is 5.92 Å². The van der Waals surface area contributed by atoms with Crippen molar-refractivity contribution in [3.8, 4) is 5.69 Å². The molecule has 0 bridgehead atoms. The van der Waals surface area contributed by atoms with Gasteiger partial charge >= 0.3 is 0 Å². The fourth-order valence-electron chi connectivity index (χ4n) is 3.94. The molecule has 0 spiro atoms. The second-order valence-corrected chi connectivity index (χ2v) is 8.65. The fraction of sp³-hybridized carbons (Fsp3) is 0.391. The molecule has 3 aromatic rings. The Bertz CT molecular complexity index is 1060. The zero-order valence-electron chi connectivity index (χ0n) is 17.4. The zero-order valence-corrected chi connectivity index (χ0v) is 19.0. The van der Waals surface area contributed by atoms with Gasteiger partial charge in [0.2, 0.25) is 0 Å². The molecule has 0 unspecified atom stereocenters. The Morgan fingerprint density at radius 2 is 2.07 bits per heavy atom. The molecule has 1 aromatic heterocycles. The summed E-state index contributed by atoms with van der Waals surface area (Å²) in [6.45, 7) is 7.11. The number of aromatic nitrogens is 2. The smallest absolute Gasteiger partial charge is 0.251 e. The quantitative estimate of drug-likeness (QED) is 0.548. The summed E-state index contributed by atoms with van der Waals surface area (Å²) >= 11 is 3.65. The van der Waals surface area contributed by atoms with Gasteiger partial charge in [-0.2, -0.15) is 0 Å². The number of halogens is 1. The third-order valence-corrected chi connectivity index (χ3v) is 6.07. The highest BCUT2D eigenvalue weighted by Gasteiger charge is 2.16. The maximum Gasteiger partial charge on any atom is 0.251 e. The number of fused-ring (bicyclic) bond motifs is 1. The molecule has 7 heteroatoms. The third-order valence-electron chi connectivity index (χ3n) is 5.61. The Hall–Kier alpha value is -2.38. The summed E-state index contributed by atoms with van der Waals surface area (Å²) in [5.74, 6) is 0.582. The standard InChI is InChI=1S/C23H27BrN4O2/c1-3-25-23(29)19-5-4-18(10-15(19)2)28-14-27-22-20(11-17(24)12-21(22)28)26-13-16-6-8-30-9-7-16/h4-5,10-12,14,16,26H,3,6-9,13H2,1-2H3,(H,25,29). The molecule has 0 saturated carbocycles. The predicted molar refractivity (Wildman–Crippen MR) is 124 cm³/mol. The Labute approximate surface area is 185 Å². The van der Waals surface area contributed by atoms with Gasteiger partial charge in [-0.3, -0.25) is 9.36 Å². The topological polar surface area (TPSA) is 68.2 Å². The summed E-state index contributed by atoms with van der Waals surface area (Å²) in [4.78, 5) is 16.9. The maximum absolute atomic E-state index is 12.2. The number of amides is 1. The van der Waals surface area contributed by atoms with Gasteiger partial charge in [-0.25, -0.2) is 4.98 Å². The number of anilines is 1. The van der Waals surface area contributed by atoms with Gasteiger partial charge in [-0.1, -0.05) is 15.9 Å². The van der Waals surface area contributed by atoms with E-state index in [4.69, 9.17) is 9.72 Å². The molecule has 158 valence electrons. The van der Waals surface area contributed by atoms with Crippen molar-refractivity contribution in [1.82, 2.24) is 14.9 Å². The second-order valence-electron chi connectivity index (χ2n) is 7.73. The third kappa shape index (κ3) is 4.37. The summed E-state index contributed by atoms with van der Waals surface area (Å²) in [6.07, 6.45) is 4.03. The van der Waals surface area contributed by atoms with Crippen LogP contribution in [0, 0.1) is 12.8 Å². The van der Waals surface area contributed by atoms with Crippen LogP contribution in [-0.2, 0) is 4.74 Å². The molecule has 1 saturated heterocycles. The first-order valence-electron chi connectivity index (χ1n) is 10.4. The van der Waals surface area contributed by atoms with Crippen LogP contribution in [0.5, 0.6) is 0 Å². The Kier molecular flexibility index (Phi) is 6.39. The Morgan fingerprint density at radius 3 is 2.80 bits per heavy atom. The van der Waals surface area contributed by atoms with E-state index >= 15 is 0 Å². The summed E-state index contributed by atoms with van der Waals surface area (Å²) < 4.78 is 8.53. The lowest BCUT2D eigenvalue weighted by Gasteiger charge is -2.22. The number of carbonyl (C=O) groups is 1. The van der Waals surface area contributed by atoms with E-state index in [-0.39, 0.29) is 5.91 Å². The van der Waals surface area contributed by atoms with Crippen molar-refractivity contribution in [1.29, 1.82) is 0 Å². The van der Waals surface area contributed by atoms with Crippen molar-refractivity contribution in [2.75, 3.05) is 31.6 Å². The molecule has 30 heavy (non-hydrogen) atoms. The zero-order chi connectivity index (χ0) is 21.1. The van der Waals surface area contributed by atoms with Crippen LogP contribution in [0.15, 0.2) is 41.1 Å². The average molecular weight is 471 g/mol. The second kappa shape index (κ2) is 9.18. The van der Waals surface area contributed by atoms with Gasteiger partial charge in [-0.15, -0.1) is 0 Å². The minimum Gasteiger partial charge on any atom is -0.383 e. The van der Waals surface area contributed by atoms with Crippen molar-refractivity contribution in [3.63, 3.8) is 0 Å². The van der Waals surface area contributed by atoms with Crippen LogP contribution in [0.25, 0.3) is 16.7 Å². The summed E-state index contributed by atoms with van der Waals surface area (Å²) in [5, 5.41) is 6.46. The van der Waals surface area contributed by atoms with E-state index in [1.165, 1.54) is 0 Å². The summed E-state index contributed by atoms with van der Waals surface area (Å²) in [7, 11) is 0. The number of hydrogen-bond acceptors (Lipinski definition) is 4. The molecule has 1 aliphatic heterocycles. The van der Waals surface area contributed by atoms with Crippen molar-refractivity contribution >= 4 is 38.6 Å². The Balaban J connectivity index is 1.63. The molecule has 1 fully saturated rings. The summed E-state index contributed by atoms with van der Waals surface area (Å²) in [6, 6.07) is 10.0. The molecule has 2 heterocycles. The number of nitrogens with zero attached hydrogens (tertiary/aromatic N) is 2. The molecule has 4 rings (SSSR count). The SMILES string of the molecule is CCNC(=O)c1ccc(-n2cnc3c(NCC4CCOCC4)cc(Br)cc32)cc1C. The number of nitrogens with one attached hydrogen (secondary N) is 2. The van der Waals surface area contributed by atoms with Crippen LogP contribution in [0.3, 0.4) is 0 Å². The minimum atomic E-state index is -0.0422. The number of hydrogen-bond donors (Lipinski definition) is 2. The first-order valence-corrected chi connectivity index (χ1v) is 11.2. The maximum atomic E-state index is 12.2. The number of aryl methyl sites for hydroxylation is 1. The first kappa shape index (κ1) is 20.9. The number of benzene rings is 2. The first-order chi connectivity index (χ1) is 14.6. The highest BCUT2D eigenvalue weighted by molar-refractivity contribution is 9.10. The highest BCUT2D eigenvalue weighted by Crippen LogP contribution is 2.30. The van der Waals surface area contributed by atoms with E-state index in [0.717, 1.165) is 65.0 Å². The molecular weight excluding hydrogens is 444 g/mol. The van der Waals surface area contributed by atoms with Gasteiger partial charge in [0, 0.05) is 42.0 Å². The van der Waals surface area contributed by atoms with E-state index in [0.29, 0.717) is 18.0 Å². The molecule has 0 atom stereocenters. The van der Waals surface area contributed by atoms with Gasteiger partial charge < -0.3 is 15.4 Å². The van der Waals surface area contributed by atoms with Crippen LogP contribution in [0.2, 0.25) is 0 Å². The van der Waals surface area contributed by atoms with Gasteiger partial charge in [0.05, 0.1) is 11.2 Å². The number of carbonyl (C=O) groups excluding carboxylic acids is 1. The number of rotatable bonds is 6. The van der Waals surface area contributed by atoms with Gasteiger partial charge in [-0.05, 0) is 68.5 Å². The van der Waals surface area contributed by atoms with Crippen molar-refractivity contribution in [2.45, 2.75) is 26.7 Å². The van der Waals surface area contributed by atoms with E-state index in [2.05, 4.69) is 43.3 Å². The largest absolute Gasteiger partial charge is 0.383 e. The van der Waals surface area contributed by atoms with Crippen molar-refractivity contribution in [3.05, 3.63) is 52.3 Å². The lowest BCUT2D eigenvalue weighted by atomic mass is 10.0. The summed E-state index contributed by atoms with van der Waals surface area (Å²) in [5.41, 5.74) is 5.61. The monoisotopic (exact) mass is 470 g/mol. The van der Waals surface area contributed by atoms with E-state index in [9.17, 15) is 4.79 Å². The van der Waals surface area contributed by atoms with Gasteiger partial charge in [0.15, 0.2) is 0 Å². The van der Waals surface area contributed by atoms with Crippen LogP contribution in [0.4, 0.5) is 5.69 Å². The lowest BCUT2D eigenvalue weighted by Crippen LogP contribution is -2.23. The van der Waals surface area contributed by atoms with Crippen LogP contribution in [-0.4, -0.2) is 41.8 Å². The molecule has 2 aromatic carbocycles. The number of imidazole rings is 1. The average Bonchev–Trinajstić information content (AvgIpc) is 3.16. The molecule has 2 N–H and O–H groups in total. The van der Waals surface area contributed by atoms with E-state index < -0.39 is 0 Å². The molecule has 6 nitrogen and oxygen atoms in total. The highest BCUT2D eigenvalue weighted by atomic mass is 79.9. The minimum absolute atomic E-state index is 0.0422. The molecular formula is C23H27BrN4O2. The fourth-order valence-corrected chi connectivity index (χ4v) is 4.38. The van der Waals surface area contributed by atoms with Crippen LogP contribution < -0.4 is 10.6 Å². The molecule has 1 amide bonds. The van der Waals surface area contributed by atoms with Gasteiger partial charge in [0.1, 0.15) is 11.8 Å². The molecule has 0 aliphatic carbocycles. The lowest BCUT2D eigenvalue weighted by molar-refractivity contribution is 0.0699. The van der Waals surface area contributed by atoms with Crippen LogP contribution >= 0.6 is 15.9 Å². The van der Waals surface area contributed by atoms with Crippen LogP contribution in [0.1, 0.15) is 35.7 Å². The van der Waals surface area contributed by atoms with Crippen molar-refractivity contribution < 1.29 is 9.53 Å². The Morgan fingerprint density at radius 1 is 1.27 bits per heavy atom. The van der Waals surface area contributed by atoms with E-state index in [1.807, 2.05) is 38.4 Å². The normalized spacial score (nSPS) is 14.8. The number of ether oxygens (including phenoxy) is 1. The molecule has 0 radical (unpaired) electrons. The molecule has 1 aliphatic rings.